The van der Waals surface area contributed by atoms with Crippen LogP contribution in [0.3, 0.4) is 0 Å². The van der Waals surface area contributed by atoms with Gasteiger partial charge in [0.25, 0.3) is 5.88 Å². The lowest BCUT2D eigenvalue weighted by atomic mass is 9.87. The standard InChI is InChI=1S/C15H19N3O2/c1-15(2,3)10-5-7-11(8-6-10)20-14-12(19-4)13(16)17-9-18-14/h5-9H,1-4H3,(H2,16,17,18). The van der Waals surface area contributed by atoms with Gasteiger partial charge in [-0.1, -0.05) is 32.9 Å². The molecule has 0 aliphatic carbocycles. The van der Waals surface area contributed by atoms with Crippen molar-refractivity contribution in [2.45, 2.75) is 26.2 Å². The molecule has 0 aliphatic rings. The number of benzene rings is 1. The zero-order chi connectivity index (χ0) is 14.8. The summed E-state index contributed by atoms with van der Waals surface area (Å²) in [4.78, 5) is 7.90. The second-order valence-electron chi connectivity index (χ2n) is 5.47. The molecule has 0 saturated heterocycles. The molecule has 0 amide bonds. The van der Waals surface area contributed by atoms with Crippen LogP contribution in [0.2, 0.25) is 0 Å². The molecule has 0 aliphatic heterocycles. The van der Waals surface area contributed by atoms with Gasteiger partial charge in [-0.15, -0.1) is 0 Å². The van der Waals surface area contributed by atoms with E-state index in [0.717, 1.165) is 0 Å². The van der Waals surface area contributed by atoms with Gasteiger partial charge < -0.3 is 15.2 Å². The Morgan fingerprint density at radius 1 is 1.05 bits per heavy atom. The van der Waals surface area contributed by atoms with Crippen LogP contribution in [0.1, 0.15) is 26.3 Å². The molecule has 1 heterocycles. The Kier molecular flexibility index (Phi) is 3.79. The van der Waals surface area contributed by atoms with Gasteiger partial charge in [-0.2, -0.15) is 4.98 Å². The smallest absolute Gasteiger partial charge is 0.268 e. The van der Waals surface area contributed by atoms with E-state index in [1.54, 1.807) is 0 Å². The lowest BCUT2D eigenvalue weighted by molar-refractivity contribution is 0.369. The molecule has 0 unspecified atom stereocenters. The van der Waals surface area contributed by atoms with Crippen LogP contribution in [-0.4, -0.2) is 17.1 Å². The number of hydrogen-bond acceptors (Lipinski definition) is 5. The number of nitrogens with zero attached hydrogens (tertiary/aromatic N) is 2. The second kappa shape index (κ2) is 5.36. The van der Waals surface area contributed by atoms with Crippen molar-refractivity contribution in [1.82, 2.24) is 9.97 Å². The first-order chi connectivity index (χ1) is 9.41. The van der Waals surface area contributed by atoms with Crippen LogP contribution < -0.4 is 15.2 Å². The minimum atomic E-state index is 0.107. The quantitative estimate of drug-likeness (QED) is 0.930. The maximum absolute atomic E-state index is 5.71. The number of hydrogen-bond donors (Lipinski definition) is 1. The molecule has 2 rings (SSSR count). The van der Waals surface area contributed by atoms with E-state index in [4.69, 9.17) is 15.2 Å². The highest BCUT2D eigenvalue weighted by Crippen LogP contribution is 2.33. The molecule has 1 aromatic carbocycles. The van der Waals surface area contributed by atoms with Crippen molar-refractivity contribution in [3.05, 3.63) is 36.2 Å². The molecular weight excluding hydrogens is 254 g/mol. The number of nitrogen functional groups attached to an aromatic ring is 1. The second-order valence-corrected chi connectivity index (χ2v) is 5.47. The molecule has 2 aromatic rings. The van der Waals surface area contributed by atoms with Crippen molar-refractivity contribution in [2.24, 2.45) is 0 Å². The Labute approximate surface area is 118 Å². The van der Waals surface area contributed by atoms with E-state index in [-0.39, 0.29) is 11.2 Å². The fraction of sp³-hybridized carbons (Fsp3) is 0.333. The number of anilines is 1. The van der Waals surface area contributed by atoms with E-state index in [1.807, 2.05) is 24.3 Å². The summed E-state index contributed by atoms with van der Waals surface area (Å²) in [7, 11) is 1.50. The van der Waals surface area contributed by atoms with Gasteiger partial charge in [0.1, 0.15) is 12.1 Å². The van der Waals surface area contributed by atoms with Gasteiger partial charge in [0.05, 0.1) is 7.11 Å². The fourth-order valence-electron chi connectivity index (χ4n) is 1.77. The Balaban J connectivity index is 2.25. The Morgan fingerprint density at radius 3 is 2.25 bits per heavy atom. The number of nitrogens with two attached hydrogens (primary N) is 1. The number of ether oxygens (including phenoxy) is 2. The van der Waals surface area contributed by atoms with Gasteiger partial charge in [0, 0.05) is 0 Å². The summed E-state index contributed by atoms with van der Waals surface area (Å²) in [6.45, 7) is 6.49. The molecular formula is C15H19N3O2. The summed E-state index contributed by atoms with van der Waals surface area (Å²) in [6.07, 6.45) is 1.34. The average molecular weight is 273 g/mol. The molecule has 5 nitrogen and oxygen atoms in total. The summed E-state index contributed by atoms with van der Waals surface area (Å²) < 4.78 is 10.8. The minimum absolute atomic E-state index is 0.107. The molecule has 2 N–H and O–H groups in total. The van der Waals surface area contributed by atoms with Gasteiger partial charge in [-0.3, -0.25) is 0 Å². The monoisotopic (exact) mass is 273 g/mol. The van der Waals surface area contributed by atoms with Crippen LogP contribution in [0.25, 0.3) is 0 Å². The lowest BCUT2D eigenvalue weighted by Gasteiger charge is -2.19. The van der Waals surface area contributed by atoms with Crippen molar-refractivity contribution >= 4 is 5.82 Å². The largest absolute Gasteiger partial charge is 0.489 e. The van der Waals surface area contributed by atoms with Crippen LogP contribution in [-0.2, 0) is 5.41 Å². The molecule has 5 heteroatoms. The highest BCUT2D eigenvalue weighted by atomic mass is 16.5. The van der Waals surface area contributed by atoms with Crippen molar-refractivity contribution < 1.29 is 9.47 Å². The predicted molar refractivity (Wildman–Crippen MR) is 78.2 cm³/mol. The Bertz CT molecular complexity index is 589. The first-order valence-electron chi connectivity index (χ1n) is 6.34. The fourth-order valence-corrected chi connectivity index (χ4v) is 1.77. The summed E-state index contributed by atoms with van der Waals surface area (Å²) in [6, 6.07) is 7.87. The maximum atomic E-state index is 5.71. The Hall–Kier alpha value is -2.30. The van der Waals surface area contributed by atoms with Crippen molar-refractivity contribution in [1.29, 1.82) is 0 Å². The third-order valence-electron chi connectivity index (χ3n) is 2.94. The first-order valence-corrected chi connectivity index (χ1v) is 6.34. The summed E-state index contributed by atoms with van der Waals surface area (Å²) in [5.74, 6) is 1.58. The zero-order valence-electron chi connectivity index (χ0n) is 12.2. The molecule has 0 atom stereocenters. The van der Waals surface area contributed by atoms with Gasteiger partial charge in [-0.25, -0.2) is 4.98 Å². The van der Waals surface area contributed by atoms with Gasteiger partial charge in [-0.05, 0) is 23.1 Å². The maximum Gasteiger partial charge on any atom is 0.268 e. The summed E-state index contributed by atoms with van der Waals surface area (Å²) >= 11 is 0. The average Bonchev–Trinajstić information content (AvgIpc) is 2.38. The van der Waals surface area contributed by atoms with E-state index in [1.165, 1.54) is 19.0 Å². The Morgan fingerprint density at radius 2 is 1.70 bits per heavy atom. The topological polar surface area (TPSA) is 70.3 Å². The van der Waals surface area contributed by atoms with E-state index >= 15 is 0 Å². The van der Waals surface area contributed by atoms with Crippen molar-refractivity contribution in [2.75, 3.05) is 12.8 Å². The van der Waals surface area contributed by atoms with Gasteiger partial charge in [0.15, 0.2) is 5.82 Å². The first kappa shape index (κ1) is 14.1. The molecule has 0 bridgehead atoms. The molecule has 20 heavy (non-hydrogen) atoms. The van der Waals surface area contributed by atoms with Crippen LogP contribution in [0.4, 0.5) is 5.82 Å². The van der Waals surface area contributed by atoms with E-state index in [9.17, 15) is 0 Å². The molecule has 0 radical (unpaired) electrons. The number of methoxy groups -OCH3 is 1. The number of rotatable bonds is 3. The van der Waals surface area contributed by atoms with Gasteiger partial charge >= 0.3 is 0 Å². The third kappa shape index (κ3) is 2.99. The van der Waals surface area contributed by atoms with Crippen LogP contribution >= 0.6 is 0 Å². The highest BCUT2D eigenvalue weighted by Gasteiger charge is 2.15. The molecule has 0 saturated carbocycles. The minimum Gasteiger partial charge on any atom is -0.489 e. The van der Waals surface area contributed by atoms with E-state index in [2.05, 4.69) is 30.7 Å². The SMILES string of the molecule is COc1c(N)ncnc1Oc1ccc(C(C)(C)C)cc1. The van der Waals surface area contributed by atoms with Crippen LogP contribution in [0, 0.1) is 0 Å². The predicted octanol–water partition coefficient (Wildman–Crippen LogP) is 3.16. The van der Waals surface area contributed by atoms with E-state index in [0.29, 0.717) is 17.4 Å². The highest BCUT2D eigenvalue weighted by molar-refractivity contribution is 5.52. The van der Waals surface area contributed by atoms with E-state index < -0.39 is 0 Å². The van der Waals surface area contributed by atoms with Gasteiger partial charge in [0.2, 0.25) is 5.75 Å². The summed E-state index contributed by atoms with van der Waals surface area (Å²) in [5.41, 5.74) is 7.05. The third-order valence-corrected chi connectivity index (χ3v) is 2.94. The number of aromatic nitrogens is 2. The van der Waals surface area contributed by atoms with Crippen LogP contribution in [0.15, 0.2) is 30.6 Å². The normalized spacial score (nSPS) is 11.2. The summed E-state index contributed by atoms with van der Waals surface area (Å²) in [5, 5.41) is 0. The van der Waals surface area contributed by atoms with Crippen molar-refractivity contribution in [3.8, 4) is 17.4 Å². The van der Waals surface area contributed by atoms with Crippen molar-refractivity contribution in [3.63, 3.8) is 0 Å². The zero-order valence-corrected chi connectivity index (χ0v) is 12.2. The van der Waals surface area contributed by atoms with Crippen LogP contribution in [0.5, 0.6) is 17.4 Å². The molecule has 106 valence electrons. The molecule has 0 fully saturated rings. The lowest BCUT2D eigenvalue weighted by Crippen LogP contribution is -2.10. The molecule has 1 aromatic heterocycles. The molecule has 0 spiro atoms.